The van der Waals surface area contributed by atoms with E-state index in [1.807, 2.05) is 11.8 Å². The second kappa shape index (κ2) is 6.56. The standard InChI is InChI=1S/C15H16BS/c1-2-17-15-11-7-6-10-14(15)16-12-13-8-4-3-5-9-13/h3-11H,2,12H2,1H3. The summed E-state index contributed by atoms with van der Waals surface area (Å²) in [6, 6.07) is 19.2. The normalized spacial score (nSPS) is 10.2. The van der Waals surface area contributed by atoms with E-state index in [-0.39, 0.29) is 0 Å². The molecule has 0 saturated heterocycles. The molecule has 0 saturated carbocycles. The van der Waals surface area contributed by atoms with E-state index < -0.39 is 0 Å². The van der Waals surface area contributed by atoms with Gasteiger partial charge in [0.15, 0.2) is 7.28 Å². The van der Waals surface area contributed by atoms with Crippen LogP contribution in [0.25, 0.3) is 0 Å². The minimum absolute atomic E-state index is 1.00. The Morgan fingerprint density at radius 1 is 0.941 bits per heavy atom. The molecule has 85 valence electrons. The molecule has 0 aliphatic heterocycles. The maximum Gasteiger partial charge on any atom is 0.157 e. The number of hydrogen-bond donors (Lipinski definition) is 0. The zero-order valence-electron chi connectivity index (χ0n) is 10.1. The molecular formula is C15H16BS. The van der Waals surface area contributed by atoms with E-state index in [1.165, 1.54) is 15.9 Å². The van der Waals surface area contributed by atoms with Crippen LogP contribution in [-0.4, -0.2) is 13.0 Å². The lowest BCUT2D eigenvalue weighted by Crippen LogP contribution is -2.18. The van der Waals surface area contributed by atoms with Crippen LogP contribution < -0.4 is 5.46 Å². The Kier molecular flexibility index (Phi) is 4.75. The molecule has 0 heterocycles. The van der Waals surface area contributed by atoms with Gasteiger partial charge in [0.25, 0.3) is 0 Å². The minimum Gasteiger partial charge on any atom is -0.127 e. The van der Waals surface area contributed by atoms with Crippen LogP contribution >= 0.6 is 11.8 Å². The van der Waals surface area contributed by atoms with Crippen molar-refractivity contribution in [3.63, 3.8) is 0 Å². The van der Waals surface area contributed by atoms with Crippen molar-refractivity contribution < 1.29 is 0 Å². The molecule has 0 aliphatic rings. The Hall–Kier alpha value is -1.15. The predicted octanol–water partition coefficient (Wildman–Crippen LogP) is 3.33. The van der Waals surface area contributed by atoms with Gasteiger partial charge in [-0.25, -0.2) is 0 Å². The van der Waals surface area contributed by atoms with Crippen LogP contribution in [0.2, 0.25) is 0 Å². The summed E-state index contributed by atoms with van der Waals surface area (Å²) in [4.78, 5) is 1.38. The third-order valence-electron chi connectivity index (χ3n) is 2.62. The highest BCUT2D eigenvalue weighted by Crippen LogP contribution is 2.14. The fraction of sp³-hybridized carbons (Fsp3) is 0.200. The van der Waals surface area contributed by atoms with Crippen LogP contribution in [0.4, 0.5) is 0 Å². The molecule has 0 aromatic heterocycles. The molecule has 2 aromatic rings. The highest BCUT2D eigenvalue weighted by atomic mass is 32.2. The average molecular weight is 239 g/mol. The lowest BCUT2D eigenvalue weighted by molar-refractivity contribution is 1.38. The second-order valence-corrected chi connectivity index (χ2v) is 5.17. The van der Waals surface area contributed by atoms with Crippen molar-refractivity contribution in [2.45, 2.75) is 18.1 Å². The average Bonchev–Trinajstić information content (AvgIpc) is 2.39. The van der Waals surface area contributed by atoms with Gasteiger partial charge in [-0.15, -0.1) is 11.8 Å². The molecule has 0 unspecified atom stereocenters. The fourth-order valence-corrected chi connectivity index (χ4v) is 2.58. The maximum absolute atomic E-state index is 2.31. The number of hydrogen-bond acceptors (Lipinski definition) is 1. The van der Waals surface area contributed by atoms with Crippen LogP contribution in [-0.2, 0) is 6.32 Å². The molecule has 2 rings (SSSR count). The van der Waals surface area contributed by atoms with Gasteiger partial charge >= 0.3 is 0 Å². The molecule has 0 atom stereocenters. The van der Waals surface area contributed by atoms with E-state index in [9.17, 15) is 0 Å². The van der Waals surface area contributed by atoms with E-state index in [0.717, 1.165) is 12.1 Å². The maximum atomic E-state index is 2.31. The summed E-state index contributed by atoms with van der Waals surface area (Å²) in [5.41, 5.74) is 2.71. The van der Waals surface area contributed by atoms with Gasteiger partial charge in [-0.1, -0.05) is 66.5 Å². The number of rotatable bonds is 5. The first-order chi connectivity index (χ1) is 8.40. The third kappa shape index (κ3) is 3.67. The van der Waals surface area contributed by atoms with Crippen molar-refractivity contribution >= 4 is 24.5 Å². The largest absolute Gasteiger partial charge is 0.157 e. The molecule has 2 heteroatoms. The Labute approximate surface area is 109 Å². The summed E-state index contributed by atoms with van der Waals surface area (Å²) in [5.74, 6) is 1.12. The van der Waals surface area contributed by atoms with Crippen molar-refractivity contribution in [1.29, 1.82) is 0 Å². The Morgan fingerprint density at radius 2 is 1.65 bits per heavy atom. The fourth-order valence-electron chi connectivity index (χ4n) is 1.78. The number of thioether (sulfide) groups is 1. The van der Waals surface area contributed by atoms with E-state index in [1.54, 1.807) is 0 Å². The van der Waals surface area contributed by atoms with Gasteiger partial charge in [-0.3, -0.25) is 0 Å². The third-order valence-corrected chi connectivity index (χ3v) is 3.59. The van der Waals surface area contributed by atoms with Crippen LogP contribution in [0.3, 0.4) is 0 Å². The molecular weight excluding hydrogens is 223 g/mol. The number of benzene rings is 2. The molecule has 0 nitrogen and oxygen atoms in total. The Bertz CT molecular complexity index is 453. The summed E-state index contributed by atoms with van der Waals surface area (Å²) >= 11 is 1.91. The highest BCUT2D eigenvalue weighted by Gasteiger charge is 2.03. The van der Waals surface area contributed by atoms with Crippen LogP contribution in [0.1, 0.15) is 12.5 Å². The summed E-state index contributed by atoms with van der Waals surface area (Å²) in [6.07, 6.45) is 1.00. The topological polar surface area (TPSA) is 0 Å². The zero-order chi connectivity index (χ0) is 11.9. The van der Waals surface area contributed by atoms with E-state index >= 15 is 0 Å². The van der Waals surface area contributed by atoms with Gasteiger partial charge in [-0.2, -0.15) is 0 Å². The van der Waals surface area contributed by atoms with Gasteiger partial charge in [0.2, 0.25) is 0 Å². The molecule has 0 bridgehead atoms. The van der Waals surface area contributed by atoms with Crippen LogP contribution in [0.15, 0.2) is 59.5 Å². The summed E-state index contributed by atoms with van der Waals surface area (Å²) in [6.45, 7) is 2.19. The van der Waals surface area contributed by atoms with E-state index in [4.69, 9.17) is 0 Å². The summed E-state index contributed by atoms with van der Waals surface area (Å²) < 4.78 is 0. The van der Waals surface area contributed by atoms with Gasteiger partial charge in [0, 0.05) is 4.90 Å². The smallest absolute Gasteiger partial charge is 0.127 e. The Balaban J connectivity index is 2.03. The first-order valence-corrected chi connectivity index (χ1v) is 6.97. The summed E-state index contributed by atoms with van der Waals surface area (Å²) in [5, 5.41) is 0. The van der Waals surface area contributed by atoms with Gasteiger partial charge in [0.1, 0.15) is 0 Å². The molecule has 1 radical (unpaired) electrons. The van der Waals surface area contributed by atoms with Crippen LogP contribution in [0.5, 0.6) is 0 Å². The highest BCUT2D eigenvalue weighted by molar-refractivity contribution is 7.99. The van der Waals surface area contributed by atoms with Gasteiger partial charge < -0.3 is 0 Å². The monoisotopic (exact) mass is 239 g/mol. The summed E-state index contributed by atoms with van der Waals surface area (Å²) in [7, 11) is 2.31. The SMILES string of the molecule is CCSc1ccccc1[B]Cc1ccccc1. The molecule has 17 heavy (non-hydrogen) atoms. The lowest BCUT2D eigenvalue weighted by atomic mass is 9.65. The van der Waals surface area contributed by atoms with Crippen molar-refractivity contribution in [3.8, 4) is 0 Å². The van der Waals surface area contributed by atoms with Crippen molar-refractivity contribution in [3.05, 3.63) is 60.2 Å². The first-order valence-electron chi connectivity index (χ1n) is 5.99. The van der Waals surface area contributed by atoms with Gasteiger partial charge in [-0.05, 0) is 18.1 Å². The van der Waals surface area contributed by atoms with Crippen molar-refractivity contribution in [2.24, 2.45) is 0 Å². The van der Waals surface area contributed by atoms with Crippen LogP contribution in [0, 0.1) is 0 Å². The lowest BCUT2D eigenvalue weighted by Gasteiger charge is -2.07. The molecule has 0 spiro atoms. The molecule has 0 amide bonds. The zero-order valence-corrected chi connectivity index (χ0v) is 10.9. The first kappa shape index (κ1) is 12.3. The predicted molar refractivity (Wildman–Crippen MR) is 78.4 cm³/mol. The quantitative estimate of drug-likeness (QED) is 0.569. The molecule has 0 fully saturated rings. The van der Waals surface area contributed by atoms with E-state index in [2.05, 4.69) is 68.8 Å². The van der Waals surface area contributed by atoms with Crippen molar-refractivity contribution in [1.82, 2.24) is 0 Å². The van der Waals surface area contributed by atoms with E-state index in [0.29, 0.717) is 0 Å². The second-order valence-electron chi connectivity index (χ2n) is 3.86. The molecule has 2 aromatic carbocycles. The Morgan fingerprint density at radius 3 is 2.41 bits per heavy atom. The van der Waals surface area contributed by atoms with Crippen molar-refractivity contribution in [2.75, 3.05) is 5.75 Å². The van der Waals surface area contributed by atoms with Gasteiger partial charge in [0.05, 0.1) is 0 Å². The molecule has 0 N–H and O–H groups in total. The molecule has 0 aliphatic carbocycles. The minimum atomic E-state index is 1.00.